The first kappa shape index (κ1) is 23.3. The van der Waals surface area contributed by atoms with Gasteiger partial charge < -0.3 is 15.0 Å². The maximum absolute atomic E-state index is 13.5. The number of ether oxygens (including phenoxy) is 1. The number of H-pyrrole nitrogens is 1. The minimum absolute atomic E-state index is 0.0433. The second-order valence-corrected chi connectivity index (χ2v) is 7.60. The Hall–Kier alpha value is -3.90. The lowest BCUT2D eigenvalue weighted by atomic mass is 10.1. The summed E-state index contributed by atoms with van der Waals surface area (Å²) in [5.41, 5.74) is 1.75. The first-order chi connectivity index (χ1) is 16.4. The molecule has 0 saturated heterocycles. The Kier molecular flexibility index (Phi) is 6.80. The number of nitrogens with one attached hydrogen (secondary N) is 2. The van der Waals surface area contributed by atoms with E-state index >= 15 is 0 Å². The summed E-state index contributed by atoms with van der Waals surface area (Å²) in [6.45, 7) is 2.92. The number of nitrogens with zero attached hydrogens (tertiary/aromatic N) is 3. The smallest absolute Gasteiger partial charge is 0.419 e. The molecule has 2 aromatic heterocycles. The molecule has 4 rings (SSSR count). The summed E-state index contributed by atoms with van der Waals surface area (Å²) in [4.78, 5) is 11.9. The molecular weight excluding hydrogens is 443 g/mol. The van der Waals surface area contributed by atoms with Crippen molar-refractivity contribution in [2.45, 2.75) is 26.1 Å². The first-order valence-electron chi connectivity index (χ1n) is 10.8. The van der Waals surface area contributed by atoms with Crippen LogP contribution in [-0.2, 0) is 19.1 Å². The summed E-state index contributed by atoms with van der Waals surface area (Å²) in [5, 5.41) is 12.9. The summed E-state index contributed by atoms with van der Waals surface area (Å²) < 4.78 is 45.8. The molecule has 0 atom stereocenters. The van der Waals surface area contributed by atoms with Crippen molar-refractivity contribution in [3.63, 3.8) is 0 Å². The summed E-state index contributed by atoms with van der Waals surface area (Å²) in [5.74, 6) is 0.368. The number of hydrogen-bond acceptors (Lipinski definition) is 5. The fourth-order valence-electron chi connectivity index (χ4n) is 3.65. The molecule has 174 valence electrons. The average molecular weight is 465 g/mol. The topological polar surface area (TPSA) is 86.6 Å². The van der Waals surface area contributed by atoms with Gasteiger partial charge in [0.15, 0.2) is 5.69 Å². The van der Waals surface area contributed by atoms with Gasteiger partial charge in [-0.25, -0.2) is 9.97 Å². The fourth-order valence-corrected chi connectivity index (χ4v) is 3.65. The second-order valence-electron chi connectivity index (χ2n) is 7.60. The lowest BCUT2D eigenvalue weighted by Crippen LogP contribution is -2.17. The van der Waals surface area contributed by atoms with Gasteiger partial charge in [0.1, 0.15) is 23.2 Å². The molecule has 0 aliphatic rings. The van der Waals surface area contributed by atoms with Crippen LogP contribution in [-0.4, -0.2) is 28.1 Å². The molecular formula is C25H22F3N5O. The molecule has 4 aromatic rings. The van der Waals surface area contributed by atoms with Crippen LogP contribution in [0, 0.1) is 11.3 Å². The van der Waals surface area contributed by atoms with E-state index in [1.807, 2.05) is 24.3 Å². The van der Waals surface area contributed by atoms with E-state index in [9.17, 15) is 18.4 Å². The molecule has 0 aliphatic carbocycles. The van der Waals surface area contributed by atoms with E-state index in [1.165, 1.54) is 17.7 Å². The third-order valence-electron chi connectivity index (χ3n) is 5.23. The Bertz CT molecular complexity index is 1330. The van der Waals surface area contributed by atoms with Gasteiger partial charge in [0.2, 0.25) is 0 Å². The third kappa shape index (κ3) is 5.18. The van der Waals surface area contributed by atoms with E-state index in [1.54, 1.807) is 13.0 Å². The van der Waals surface area contributed by atoms with Crippen molar-refractivity contribution in [2.24, 2.45) is 0 Å². The highest BCUT2D eigenvalue weighted by Crippen LogP contribution is 2.39. The van der Waals surface area contributed by atoms with E-state index in [-0.39, 0.29) is 29.3 Å². The molecule has 0 radical (unpaired) electrons. The van der Waals surface area contributed by atoms with Gasteiger partial charge in [-0.3, -0.25) is 0 Å². The first-order valence-corrected chi connectivity index (χ1v) is 10.8. The van der Waals surface area contributed by atoms with Crippen molar-refractivity contribution in [2.75, 3.05) is 13.2 Å². The number of halogens is 3. The molecule has 34 heavy (non-hydrogen) atoms. The van der Waals surface area contributed by atoms with Crippen LogP contribution >= 0.6 is 0 Å². The number of benzene rings is 2. The molecule has 6 nitrogen and oxygen atoms in total. The summed E-state index contributed by atoms with van der Waals surface area (Å²) >= 11 is 0. The Morgan fingerprint density at radius 3 is 2.59 bits per heavy atom. The van der Waals surface area contributed by atoms with Gasteiger partial charge in [0.05, 0.1) is 29.9 Å². The fraction of sp³-hybridized carbons (Fsp3) is 0.240. The van der Waals surface area contributed by atoms with E-state index in [0.717, 1.165) is 19.0 Å². The van der Waals surface area contributed by atoms with Crippen LogP contribution in [0.2, 0.25) is 0 Å². The van der Waals surface area contributed by atoms with Crippen LogP contribution in [0.1, 0.15) is 29.6 Å². The Labute approximate surface area is 194 Å². The minimum Gasteiger partial charge on any atom is -0.493 e. The standard InChI is InChI=1S/C25H22F3N5O/c1-2-34-22-9-8-17(12-18(22)25(26,27)28)19-13-20-24(21(14-29)31-19)33-23(32-20)15-30-11-10-16-6-4-3-5-7-16/h3-9,12-13,30H,2,10-11,15H2,1H3,(H,32,33). The highest BCUT2D eigenvalue weighted by Gasteiger charge is 2.35. The van der Waals surface area contributed by atoms with Crippen LogP contribution in [0.3, 0.4) is 0 Å². The van der Waals surface area contributed by atoms with E-state index in [2.05, 4.69) is 32.4 Å². The number of alkyl halides is 3. The lowest BCUT2D eigenvalue weighted by molar-refractivity contribution is -0.138. The number of aromatic nitrogens is 3. The van der Waals surface area contributed by atoms with Gasteiger partial charge in [-0.1, -0.05) is 30.3 Å². The molecule has 2 N–H and O–H groups in total. The molecule has 9 heteroatoms. The van der Waals surface area contributed by atoms with E-state index in [0.29, 0.717) is 23.4 Å². The summed E-state index contributed by atoms with van der Waals surface area (Å²) in [7, 11) is 0. The van der Waals surface area contributed by atoms with Crippen molar-refractivity contribution in [1.29, 1.82) is 5.26 Å². The Morgan fingerprint density at radius 2 is 1.88 bits per heavy atom. The van der Waals surface area contributed by atoms with Crippen molar-refractivity contribution in [3.8, 4) is 23.1 Å². The number of nitriles is 1. The van der Waals surface area contributed by atoms with E-state index in [4.69, 9.17) is 4.74 Å². The molecule has 0 unspecified atom stereocenters. The van der Waals surface area contributed by atoms with Crippen molar-refractivity contribution in [3.05, 3.63) is 77.2 Å². The number of aromatic amines is 1. The van der Waals surface area contributed by atoms with Gasteiger partial charge in [-0.2, -0.15) is 18.4 Å². The SMILES string of the molecule is CCOc1ccc(-c2cc3[nH]c(CNCCc4ccccc4)nc3c(C#N)n2)cc1C(F)(F)F. The largest absolute Gasteiger partial charge is 0.493 e. The van der Waals surface area contributed by atoms with Gasteiger partial charge >= 0.3 is 6.18 Å². The monoisotopic (exact) mass is 465 g/mol. The number of rotatable bonds is 8. The van der Waals surface area contributed by atoms with Crippen molar-refractivity contribution >= 4 is 11.0 Å². The van der Waals surface area contributed by atoms with Gasteiger partial charge in [0.25, 0.3) is 0 Å². The highest BCUT2D eigenvalue weighted by molar-refractivity contribution is 5.84. The summed E-state index contributed by atoms with van der Waals surface area (Å²) in [6.07, 6.45) is -3.73. The number of fused-ring (bicyclic) bond motifs is 1. The van der Waals surface area contributed by atoms with Crippen LogP contribution < -0.4 is 10.1 Å². The zero-order valence-electron chi connectivity index (χ0n) is 18.4. The predicted octanol–water partition coefficient (Wildman–Crippen LogP) is 5.25. The van der Waals surface area contributed by atoms with E-state index < -0.39 is 11.7 Å². The van der Waals surface area contributed by atoms with Crippen LogP contribution in [0.5, 0.6) is 5.75 Å². The Balaban J connectivity index is 1.58. The zero-order valence-corrected chi connectivity index (χ0v) is 18.4. The Morgan fingerprint density at radius 1 is 1.09 bits per heavy atom. The highest BCUT2D eigenvalue weighted by atomic mass is 19.4. The molecule has 0 aliphatic heterocycles. The molecule has 0 fully saturated rings. The predicted molar refractivity (Wildman–Crippen MR) is 122 cm³/mol. The molecule has 2 heterocycles. The average Bonchev–Trinajstić information content (AvgIpc) is 3.24. The number of imidazole rings is 1. The molecule has 0 spiro atoms. The lowest BCUT2D eigenvalue weighted by Gasteiger charge is -2.14. The van der Waals surface area contributed by atoms with Gasteiger partial charge in [0, 0.05) is 5.56 Å². The molecule has 0 saturated carbocycles. The molecule has 2 aromatic carbocycles. The van der Waals surface area contributed by atoms with Crippen LogP contribution in [0.25, 0.3) is 22.3 Å². The maximum Gasteiger partial charge on any atom is 0.419 e. The second kappa shape index (κ2) is 9.93. The van der Waals surface area contributed by atoms with Crippen LogP contribution in [0.4, 0.5) is 13.2 Å². The number of pyridine rings is 1. The normalized spacial score (nSPS) is 11.5. The summed E-state index contributed by atoms with van der Waals surface area (Å²) in [6, 6.07) is 17.4. The maximum atomic E-state index is 13.5. The van der Waals surface area contributed by atoms with Gasteiger partial charge in [-0.05, 0) is 49.7 Å². The molecule has 0 amide bonds. The van der Waals surface area contributed by atoms with Gasteiger partial charge in [-0.15, -0.1) is 0 Å². The van der Waals surface area contributed by atoms with Crippen LogP contribution in [0.15, 0.2) is 54.6 Å². The number of hydrogen-bond donors (Lipinski definition) is 2. The third-order valence-corrected chi connectivity index (χ3v) is 5.23. The van der Waals surface area contributed by atoms with Crippen molar-refractivity contribution in [1.82, 2.24) is 20.3 Å². The zero-order chi connectivity index (χ0) is 24.1. The van der Waals surface area contributed by atoms with Crippen molar-refractivity contribution < 1.29 is 17.9 Å². The minimum atomic E-state index is -4.59. The molecule has 0 bridgehead atoms. The quantitative estimate of drug-likeness (QED) is 0.347.